The van der Waals surface area contributed by atoms with E-state index in [0.717, 1.165) is 18.9 Å². The Balaban J connectivity index is 1.61. The minimum atomic E-state index is -4.52. The molecular formula is C15H16F3N7. The fraction of sp³-hybridized carbons (Fsp3) is 0.467. The van der Waals surface area contributed by atoms with Gasteiger partial charge in [0.2, 0.25) is 0 Å². The number of hydrogen-bond donors (Lipinski definition) is 0. The summed E-state index contributed by atoms with van der Waals surface area (Å²) in [4.78, 5) is 9.28. The van der Waals surface area contributed by atoms with E-state index in [2.05, 4.69) is 20.2 Å². The molecule has 0 N–H and O–H groups in total. The maximum atomic E-state index is 13.1. The number of alkyl halides is 3. The molecule has 0 spiro atoms. The molecule has 0 saturated carbocycles. The molecule has 3 aromatic rings. The third-order valence-electron chi connectivity index (χ3n) is 4.54. The van der Waals surface area contributed by atoms with Gasteiger partial charge in [0.15, 0.2) is 5.69 Å². The molecule has 1 fully saturated rings. The van der Waals surface area contributed by atoms with Crippen molar-refractivity contribution in [3.8, 4) is 0 Å². The van der Waals surface area contributed by atoms with Gasteiger partial charge < -0.3 is 4.90 Å². The van der Waals surface area contributed by atoms with Crippen molar-refractivity contribution >= 4 is 11.6 Å². The molecule has 3 aromatic heterocycles. The molecule has 0 aliphatic carbocycles. The SMILES string of the molecule is Cn1cc(C2CCN(c3cc(C(F)(F)F)nc4ncnn34)CC2)cn1. The Morgan fingerprint density at radius 2 is 1.92 bits per heavy atom. The van der Waals surface area contributed by atoms with E-state index in [0.29, 0.717) is 24.8 Å². The summed E-state index contributed by atoms with van der Waals surface area (Å²) in [6, 6.07) is 1.05. The van der Waals surface area contributed by atoms with E-state index in [1.807, 2.05) is 24.3 Å². The molecular weight excluding hydrogens is 335 g/mol. The molecule has 0 aromatic carbocycles. The van der Waals surface area contributed by atoms with E-state index in [1.54, 1.807) is 4.68 Å². The van der Waals surface area contributed by atoms with E-state index in [1.165, 1.54) is 16.4 Å². The van der Waals surface area contributed by atoms with Crippen LogP contribution in [0.15, 0.2) is 24.8 Å². The van der Waals surface area contributed by atoms with Crippen LogP contribution in [0.3, 0.4) is 0 Å². The molecule has 0 bridgehead atoms. The maximum absolute atomic E-state index is 13.1. The molecule has 7 nitrogen and oxygen atoms in total. The highest BCUT2D eigenvalue weighted by Gasteiger charge is 2.35. The Bertz CT molecular complexity index is 890. The van der Waals surface area contributed by atoms with Crippen LogP contribution in [-0.4, -0.2) is 42.5 Å². The summed E-state index contributed by atoms with van der Waals surface area (Å²) in [5, 5.41) is 8.21. The highest BCUT2D eigenvalue weighted by atomic mass is 19.4. The molecule has 1 aliphatic rings. The maximum Gasteiger partial charge on any atom is 0.433 e. The zero-order valence-corrected chi connectivity index (χ0v) is 13.5. The smallest absolute Gasteiger partial charge is 0.356 e. The lowest BCUT2D eigenvalue weighted by Gasteiger charge is -2.33. The zero-order chi connectivity index (χ0) is 17.6. The van der Waals surface area contributed by atoms with Crippen LogP contribution in [0.1, 0.15) is 30.0 Å². The van der Waals surface area contributed by atoms with Crippen LogP contribution in [-0.2, 0) is 13.2 Å². The predicted molar refractivity (Wildman–Crippen MR) is 83.2 cm³/mol. The van der Waals surface area contributed by atoms with Crippen LogP contribution >= 0.6 is 0 Å². The number of nitrogens with zero attached hydrogens (tertiary/aromatic N) is 7. The second kappa shape index (κ2) is 5.71. The lowest BCUT2D eigenvalue weighted by molar-refractivity contribution is -0.141. The Morgan fingerprint density at radius 1 is 1.16 bits per heavy atom. The molecule has 25 heavy (non-hydrogen) atoms. The van der Waals surface area contributed by atoms with Crippen molar-refractivity contribution in [2.45, 2.75) is 24.9 Å². The quantitative estimate of drug-likeness (QED) is 0.709. The minimum absolute atomic E-state index is 0.0424. The standard InChI is InChI=1S/C15H16F3N7/c1-23-8-11(7-20-23)10-2-4-24(5-3-10)13-6-12(15(16,17)18)22-14-19-9-21-25(13)14/h6-10H,2-5H2,1H3. The molecule has 1 aliphatic heterocycles. The molecule has 10 heteroatoms. The number of rotatable bonds is 2. The molecule has 132 valence electrons. The number of aryl methyl sites for hydroxylation is 1. The van der Waals surface area contributed by atoms with Crippen molar-refractivity contribution in [3.05, 3.63) is 36.0 Å². The Labute approximate surface area is 141 Å². The van der Waals surface area contributed by atoms with Crippen LogP contribution in [0.25, 0.3) is 5.78 Å². The summed E-state index contributed by atoms with van der Waals surface area (Å²) in [5.74, 6) is 0.693. The first kappa shape index (κ1) is 15.9. The van der Waals surface area contributed by atoms with Gasteiger partial charge in [-0.15, -0.1) is 0 Å². The van der Waals surface area contributed by atoms with Crippen LogP contribution in [0.5, 0.6) is 0 Å². The average Bonchev–Trinajstić information content (AvgIpc) is 3.22. The number of fused-ring (bicyclic) bond motifs is 1. The van der Waals surface area contributed by atoms with Gasteiger partial charge in [-0.2, -0.15) is 32.9 Å². The van der Waals surface area contributed by atoms with Gasteiger partial charge in [0.25, 0.3) is 5.78 Å². The summed E-state index contributed by atoms with van der Waals surface area (Å²) in [6.07, 6.45) is 2.22. The van der Waals surface area contributed by atoms with Gasteiger partial charge in [-0.05, 0) is 24.3 Å². The van der Waals surface area contributed by atoms with E-state index in [9.17, 15) is 13.2 Å². The monoisotopic (exact) mass is 351 g/mol. The average molecular weight is 351 g/mol. The van der Waals surface area contributed by atoms with Crippen molar-refractivity contribution in [2.75, 3.05) is 18.0 Å². The Morgan fingerprint density at radius 3 is 2.56 bits per heavy atom. The van der Waals surface area contributed by atoms with E-state index in [4.69, 9.17) is 0 Å². The van der Waals surface area contributed by atoms with Crippen LogP contribution in [0, 0.1) is 0 Å². The summed E-state index contributed by atoms with van der Waals surface area (Å²) in [5.41, 5.74) is 0.219. The number of piperidine rings is 1. The van der Waals surface area contributed by atoms with Crippen molar-refractivity contribution in [3.63, 3.8) is 0 Å². The van der Waals surface area contributed by atoms with Gasteiger partial charge in [0.05, 0.1) is 6.20 Å². The van der Waals surface area contributed by atoms with Crippen molar-refractivity contribution < 1.29 is 13.2 Å². The van der Waals surface area contributed by atoms with E-state index in [-0.39, 0.29) is 5.78 Å². The largest absolute Gasteiger partial charge is 0.433 e. The lowest BCUT2D eigenvalue weighted by atomic mass is 9.91. The minimum Gasteiger partial charge on any atom is -0.356 e. The third-order valence-corrected chi connectivity index (χ3v) is 4.54. The second-order valence-corrected chi connectivity index (χ2v) is 6.18. The van der Waals surface area contributed by atoms with Gasteiger partial charge in [-0.25, -0.2) is 4.98 Å². The number of anilines is 1. The number of hydrogen-bond acceptors (Lipinski definition) is 5. The van der Waals surface area contributed by atoms with Crippen molar-refractivity contribution in [1.29, 1.82) is 0 Å². The first-order valence-corrected chi connectivity index (χ1v) is 7.93. The molecule has 0 radical (unpaired) electrons. The highest BCUT2D eigenvalue weighted by Crippen LogP contribution is 2.33. The Hall–Kier alpha value is -2.65. The van der Waals surface area contributed by atoms with Crippen LogP contribution in [0.4, 0.5) is 19.0 Å². The predicted octanol–water partition coefficient (Wildman–Crippen LogP) is 2.26. The first-order chi connectivity index (χ1) is 11.9. The van der Waals surface area contributed by atoms with Gasteiger partial charge >= 0.3 is 6.18 Å². The van der Waals surface area contributed by atoms with Gasteiger partial charge in [-0.1, -0.05) is 0 Å². The van der Waals surface area contributed by atoms with Gasteiger partial charge in [-0.3, -0.25) is 4.68 Å². The van der Waals surface area contributed by atoms with Crippen molar-refractivity contribution in [1.82, 2.24) is 29.4 Å². The van der Waals surface area contributed by atoms with E-state index < -0.39 is 11.9 Å². The summed E-state index contributed by atoms with van der Waals surface area (Å²) in [7, 11) is 1.87. The summed E-state index contributed by atoms with van der Waals surface area (Å²) in [6.45, 7) is 1.27. The van der Waals surface area contributed by atoms with Gasteiger partial charge in [0, 0.05) is 32.4 Å². The molecule has 0 unspecified atom stereocenters. The van der Waals surface area contributed by atoms with Crippen LogP contribution < -0.4 is 4.90 Å². The molecule has 0 amide bonds. The molecule has 4 heterocycles. The van der Waals surface area contributed by atoms with E-state index >= 15 is 0 Å². The first-order valence-electron chi connectivity index (χ1n) is 7.93. The summed E-state index contributed by atoms with van der Waals surface area (Å²) < 4.78 is 42.4. The molecule has 4 rings (SSSR count). The summed E-state index contributed by atoms with van der Waals surface area (Å²) >= 11 is 0. The van der Waals surface area contributed by atoms with Crippen LogP contribution in [0.2, 0.25) is 0 Å². The second-order valence-electron chi connectivity index (χ2n) is 6.18. The number of halogens is 3. The lowest BCUT2D eigenvalue weighted by Crippen LogP contribution is -2.34. The zero-order valence-electron chi connectivity index (χ0n) is 13.5. The number of aromatic nitrogens is 6. The van der Waals surface area contributed by atoms with Gasteiger partial charge in [0.1, 0.15) is 12.1 Å². The Kier molecular flexibility index (Phi) is 3.62. The fourth-order valence-corrected chi connectivity index (χ4v) is 3.26. The molecule has 0 atom stereocenters. The topological polar surface area (TPSA) is 64.1 Å². The third kappa shape index (κ3) is 2.92. The fourth-order valence-electron chi connectivity index (χ4n) is 3.26. The molecule has 1 saturated heterocycles. The highest BCUT2D eigenvalue weighted by molar-refractivity contribution is 5.48. The normalized spacial score (nSPS) is 16.7. The van der Waals surface area contributed by atoms with Crippen molar-refractivity contribution in [2.24, 2.45) is 7.05 Å².